The van der Waals surface area contributed by atoms with Crippen molar-refractivity contribution < 1.29 is 0 Å². The molecule has 17 heavy (non-hydrogen) atoms. The molecule has 0 aliphatic carbocycles. The van der Waals surface area contributed by atoms with Gasteiger partial charge in [0.15, 0.2) is 0 Å². The molecule has 0 bridgehead atoms. The van der Waals surface area contributed by atoms with Crippen LogP contribution in [0.1, 0.15) is 5.56 Å². The number of aromatic nitrogens is 2. The zero-order valence-corrected chi connectivity index (χ0v) is 10.3. The van der Waals surface area contributed by atoms with Gasteiger partial charge in [-0.1, -0.05) is 37.4 Å². The highest BCUT2D eigenvalue weighted by molar-refractivity contribution is 8.05. The van der Waals surface area contributed by atoms with E-state index in [-0.39, 0.29) is 0 Å². The van der Waals surface area contributed by atoms with Crippen LogP contribution in [0.5, 0.6) is 0 Å². The normalized spacial score (nSPS) is 10.1. The maximum absolute atomic E-state index is 3.99. The summed E-state index contributed by atoms with van der Waals surface area (Å²) < 4.78 is 0. The summed E-state index contributed by atoms with van der Waals surface area (Å²) in [5.74, 6) is 0. The Balaban J connectivity index is 2.08. The van der Waals surface area contributed by atoms with Gasteiger partial charge in [0.1, 0.15) is 0 Å². The van der Waals surface area contributed by atoms with E-state index in [4.69, 9.17) is 0 Å². The van der Waals surface area contributed by atoms with Gasteiger partial charge < -0.3 is 0 Å². The molecule has 0 aliphatic heterocycles. The van der Waals surface area contributed by atoms with Crippen LogP contribution in [0.15, 0.2) is 60.1 Å². The third-order valence-corrected chi connectivity index (χ3v) is 3.08. The number of benzene rings is 1. The summed E-state index contributed by atoms with van der Waals surface area (Å²) in [6.45, 7) is 7.67. The third-order valence-electron chi connectivity index (χ3n) is 2.44. The lowest BCUT2D eigenvalue weighted by Crippen LogP contribution is -1.85. The van der Waals surface area contributed by atoms with Crippen molar-refractivity contribution in [1.82, 2.24) is 10.2 Å². The van der Waals surface area contributed by atoms with Crippen LogP contribution in [0.3, 0.4) is 0 Å². The molecule has 0 amide bonds. The van der Waals surface area contributed by atoms with Gasteiger partial charge in [-0.05, 0) is 21.4 Å². The van der Waals surface area contributed by atoms with E-state index < -0.39 is 0 Å². The van der Waals surface area contributed by atoms with E-state index in [9.17, 15) is 0 Å². The largest absolute Gasteiger partial charge is 0.285 e. The molecule has 0 saturated carbocycles. The number of rotatable bonds is 5. The Labute approximate surface area is 105 Å². The molecule has 1 aromatic carbocycles. The Morgan fingerprint density at radius 3 is 2.65 bits per heavy atom. The predicted octanol–water partition coefficient (Wildman–Crippen LogP) is 4.01. The molecule has 3 heteroatoms. The first-order chi connectivity index (χ1) is 8.29. The van der Waals surface area contributed by atoms with Crippen LogP contribution in [0, 0.1) is 0 Å². The van der Waals surface area contributed by atoms with Crippen LogP contribution in [0.4, 0.5) is 0 Å². The number of hydrogen-bond acceptors (Lipinski definition) is 2. The maximum atomic E-state index is 3.99. The highest BCUT2D eigenvalue weighted by atomic mass is 32.2. The lowest BCUT2D eigenvalue weighted by atomic mass is 10.1. The molecule has 0 saturated heterocycles. The third kappa shape index (κ3) is 3.11. The smallest absolute Gasteiger partial charge is 0.0565 e. The molecule has 1 N–H and O–H groups in total. The summed E-state index contributed by atoms with van der Waals surface area (Å²) in [5.41, 5.74) is 3.54. The summed E-state index contributed by atoms with van der Waals surface area (Å²) in [6, 6.07) is 8.45. The second kappa shape index (κ2) is 5.55. The van der Waals surface area contributed by atoms with Gasteiger partial charge in [-0.3, -0.25) is 5.10 Å². The van der Waals surface area contributed by atoms with E-state index in [0.29, 0.717) is 0 Å². The fourth-order valence-corrected chi connectivity index (χ4v) is 2.10. The average Bonchev–Trinajstić information content (AvgIpc) is 2.84. The van der Waals surface area contributed by atoms with E-state index in [1.54, 1.807) is 11.8 Å². The minimum absolute atomic E-state index is 0.877. The van der Waals surface area contributed by atoms with Gasteiger partial charge in [-0.15, -0.1) is 11.8 Å². The fourth-order valence-electron chi connectivity index (χ4n) is 1.61. The highest BCUT2D eigenvalue weighted by Crippen LogP contribution is 2.22. The summed E-state index contributed by atoms with van der Waals surface area (Å²) in [6.07, 6.45) is 4.59. The van der Waals surface area contributed by atoms with Gasteiger partial charge in [0.05, 0.1) is 6.20 Å². The first-order valence-electron chi connectivity index (χ1n) is 5.33. The average molecular weight is 242 g/mol. The standard InChI is InChI=1S/C14H14N2S/c1-3-17-11(2)8-12-4-6-13(7-5-12)14-9-15-16-10-14/h3-7,9-10H,1-2,8H2,(H,15,16). The molecule has 0 radical (unpaired) electrons. The monoisotopic (exact) mass is 242 g/mol. The minimum Gasteiger partial charge on any atom is -0.285 e. The summed E-state index contributed by atoms with van der Waals surface area (Å²) >= 11 is 1.58. The molecule has 0 spiro atoms. The number of aromatic amines is 1. The van der Waals surface area contributed by atoms with Crippen molar-refractivity contribution in [2.45, 2.75) is 6.42 Å². The molecule has 86 valence electrons. The lowest BCUT2D eigenvalue weighted by molar-refractivity contribution is 1.09. The number of nitrogens with one attached hydrogen (secondary N) is 1. The lowest BCUT2D eigenvalue weighted by Gasteiger charge is -2.03. The van der Waals surface area contributed by atoms with Crippen molar-refractivity contribution in [3.05, 3.63) is 65.7 Å². The molecule has 2 nitrogen and oxygen atoms in total. The van der Waals surface area contributed by atoms with Crippen LogP contribution in [-0.4, -0.2) is 10.2 Å². The van der Waals surface area contributed by atoms with Gasteiger partial charge in [0.25, 0.3) is 0 Å². The van der Waals surface area contributed by atoms with E-state index >= 15 is 0 Å². The first-order valence-corrected chi connectivity index (χ1v) is 6.21. The molecule has 2 rings (SSSR count). The van der Waals surface area contributed by atoms with E-state index in [1.165, 1.54) is 11.1 Å². The van der Waals surface area contributed by atoms with E-state index in [0.717, 1.165) is 16.9 Å². The van der Waals surface area contributed by atoms with Gasteiger partial charge >= 0.3 is 0 Å². The molecule has 1 heterocycles. The quantitative estimate of drug-likeness (QED) is 0.858. The predicted molar refractivity (Wildman–Crippen MR) is 74.7 cm³/mol. The Morgan fingerprint density at radius 1 is 1.29 bits per heavy atom. The van der Waals surface area contributed by atoms with Crippen LogP contribution in [0.2, 0.25) is 0 Å². The van der Waals surface area contributed by atoms with Crippen molar-refractivity contribution in [3.63, 3.8) is 0 Å². The fraction of sp³-hybridized carbons (Fsp3) is 0.0714. The second-order valence-electron chi connectivity index (χ2n) is 3.68. The molecule has 2 aromatic rings. The molecule has 1 aromatic heterocycles. The zero-order chi connectivity index (χ0) is 12.1. The molecule has 0 unspecified atom stereocenters. The topological polar surface area (TPSA) is 28.7 Å². The number of H-pyrrole nitrogens is 1. The Morgan fingerprint density at radius 2 is 2.06 bits per heavy atom. The van der Waals surface area contributed by atoms with Crippen molar-refractivity contribution in [1.29, 1.82) is 0 Å². The van der Waals surface area contributed by atoms with Crippen LogP contribution in [-0.2, 0) is 6.42 Å². The number of allylic oxidation sites excluding steroid dienone is 1. The molecule has 0 atom stereocenters. The van der Waals surface area contributed by atoms with Gasteiger partial charge in [0.2, 0.25) is 0 Å². The Bertz CT molecular complexity index is 498. The van der Waals surface area contributed by atoms with Gasteiger partial charge in [-0.25, -0.2) is 0 Å². The molecule has 0 aliphatic rings. The summed E-state index contributed by atoms with van der Waals surface area (Å²) in [7, 11) is 0. The summed E-state index contributed by atoms with van der Waals surface area (Å²) in [5, 5.41) is 8.56. The van der Waals surface area contributed by atoms with Crippen LogP contribution in [0.25, 0.3) is 11.1 Å². The van der Waals surface area contributed by atoms with Crippen molar-refractivity contribution in [2.75, 3.05) is 0 Å². The summed E-state index contributed by atoms with van der Waals surface area (Å²) in [4.78, 5) is 1.11. The second-order valence-corrected chi connectivity index (χ2v) is 4.83. The van der Waals surface area contributed by atoms with Crippen molar-refractivity contribution in [2.24, 2.45) is 0 Å². The van der Waals surface area contributed by atoms with Crippen molar-refractivity contribution in [3.8, 4) is 11.1 Å². The first kappa shape index (κ1) is 11.7. The molecule has 0 fully saturated rings. The zero-order valence-electron chi connectivity index (χ0n) is 9.52. The Hall–Kier alpha value is -1.74. The van der Waals surface area contributed by atoms with E-state index in [2.05, 4.69) is 47.6 Å². The SMILES string of the molecule is C=CSC(=C)Cc1ccc(-c2cn[nH]c2)cc1. The van der Waals surface area contributed by atoms with Gasteiger partial charge in [0, 0.05) is 18.2 Å². The number of nitrogens with zero attached hydrogens (tertiary/aromatic N) is 1. The number of thioether (sulfide) groups is 1. The Kier molecular flexibility index (Phi) is 3.83. The highest BCUT2D eigenvalue weighted by Gasteiger charge is 2.00. The molecular formula is C14H14N2S. The number of hydrogen-bond donors (Lipinski definition) is 1. The molecular weight excluding hydrogens is 228 g/mol. The van der Waals surface area contributed by atoms with Crippen LogP contribution >= 0.6 is 11.8 Å². The van der Waals surface area contributed by atoms with Gasteiger partial charge in [-0.2, -0.15) is 5.10 Å². The minimum atomic E-state index is 0.877. The van der Waals surface area contributed by atoms with Crippen LogP contribution < -0.4 is 0 Å². The van der Waals surface area contributed by atoms with E-state index in [1.807, 2.05) is 17.8 Å². The van der Waals surface area contributed by atoms with Crippen molar-refractivity contribution >= 4 is 11.8 Å². The maximum Gasteiger partial charge on any atom is 0.0565 e.